The molecule has 0 fully saturated rings. The van der Waals surface area contributed by atoms with Crippen molar-refractivity contribution in [2.75, 3.05) is 13.6 Å². The Labute approximate surface area is 92.9 Å². The highest BCUT2D eigenvalue weighted by Crippen LogP contribution is 2.31. The van der Waals surface area contributed by atoms with Crippen molar-refractivity contribution in [2.24, 2.45) is 0 Å². The third-order valence-electron chi connectivity index (χ3n) is 3.51. The number of hydrogen-bond acceptors (Lipinski definition) is 1. The third kappa shape index (κ3) is 2.23. The summed E-state index contributed by atoms with van der Waals surface area (Å²) in [6.45, 7) is 3.36. The molecule has 1 aliphatic rings. The summed E-state index contributed by atoms with van der Waals surface area (Å²) < 4.78 is 0. The molecule has 0 saturated heterocycles. The number of rotatable bonds is 3. The van der Waals surface area contributed by atoms with Crippen LogP contribution in [-0.2, 0) is 12.8 Å². The van der Waals surface area contributed by atoms with Gasteiger partial charge in [-0.1, -0.05) is 25.1 Å². The van der Waals surface area contributed by atoms with Crippen LogP contribution < -0.4 is 5.32 Å². The highest BCUT2D eigenvalue weighted by atomic mass is 14.8. The Morgan fingerprint density at radius 3 is 3.00 bits per heavy atom. The van der Waals surface area contributed by atoms with Gasteiger partial charge in [0.05, 0.1) is 0 Å². The Hall–Kier alpha value is -0.820. The fourth-order valence-electron chi connectivity index (χ4n) is 2.62. The minimum Gasteiger partial charge on any atom is -0.319 e. The van der Waals surface area contributed by atoms with E-state index >= 15 is 0 Å². The van der Waals surface area contributed by atoms with Crippen LogP contribution in [0.15, 0.2) is 18.2 Å². The molecule has 1 unspecified atom stereocenters. The van der Waals surface area contributed by atoms with Gasteiger partial charge in [0.2, 0.25) is 0 Å². The van der Waals surface area contributed by atoms with Crippen molar-refractivity contribution in [2.45, 2.75) is 38.5 Å². The van der Waals surface area contributed by atoms with Gasteiger partial charge in [-0.3, -0.25) is 0 Å². The van der Waals surface area contributed by atoms with Gasteiger partial charge in [0.25, 0.3) is 0 Å². The topological polar surface area (TPSA) is 12.0 Å². The maximum atomic E-state index is 3.32. The van der Waals surface area contributed by atoms with Gasteiger partial charge < -0.3 is 5.32 Å². The summed E-state index contributed by atoms with van der Waals surface area (Å²) in [7, 11) is 2.05. The van der Waals surface area contributed by atoms with E-state index in [1.165, 1.54) is 24.8 Å². The lowest BCUT2D eigenvalue weighted by molar-refractivity contribution is 0.528. The average molecular weight is 203 g/mol. The van der Waals surface area contributed by atoms with Crippen molar-refractivity contribution in [3.63, 3.8) is 0 Å². The van der Waals surface area contributed by atoms with E-state index in [1.54, 1.807) is 11.1 Å². The normalized spacial score (nSPS) is 20.0. The largest absolute Gasteiger partial charge is 0.319 e. The van der Waals surface area contributed by atoms with Gasteiger partial charge in [-0.25, -0.2) is 0 Å². The zero-order chi connectivity index (χ0) is 10.7. The molecule has 1 atom stereocenters. The lowest BCUT2D eigenvalue weighted by Gasteiger charge is -2.26. The van der Waals surface area contributed by atoms with E-state index in [4.69, 9.17) is 0 Å². The molecule has 1 aliphatic carbocycles. The molecule has 0 aromatic heterocycles. The highest BCUT2D eigenvalue weighted by Gasteiger charge is 2.19. The fourth-order valence-corrected chi connectivity index (χ4v) is 2.62. The van der Waals surface area contributed by atoms with Crippen molar-refractivity contribution >= 4 is 0 Å². The smallest absolute Gasteiger partial charge is 0.00172 e. The molecule has 1 N–H and O–H groups in total. The van der Waals surface area contributed by atoms with Crippen molar-refractivity contribution in [3.8, 4) is 0 Å². The molecule has 1 heteroatoms. The molecular formula is C14H21N. The molecule has 1 nitrogen and oxygen atoms in total. The van der Waals surface area contributed by atoms with Gasteiger partial charge in [-0.2, -0.15) is 0 Å². The average Bonchev–Trinajstić information content (AvgIpc) is 2.29. The SMILES string of the molecule is CCc1ccc2c(c1)C(CNC)CCC2. The van der Waals surface area contributed by atoms with Crippen molar-refractivity contribution < 1.29 is 0 Å². The minimum atomic E-state index is 0.741. The molecule has 1 aromatic carbocycles. The maximum absolute atomic E-state index is 3.32. The second kappa shape index (κ2) is 4.80. The van der Waals surface area contributed by atoms with Crippen molar-refractivity contribution in [1.29, 1.82) is 0 Å². The molecule has 15 heavy (non-hydrogen) atoms. The minimum absolute atomic E-state index is 0.741. The second-order valence-electron chi connectivity index (χ2n) is 4.53. The van der Waals surface area contributed by atoms with Crippen LogP contribution in [0, 0.1) is 0 Å². The predicted octanol–water partition coefficient (Wildman–Crippen LogP) is 2.89. The summed E-state index contributed by atoms with van der Waals surface area (Å²) in [5.74, 6) is 0.741. The van der Waals surface area contributed by atoms with Crippen molar-refractivity contribution in [3.05, 3.63) is 34.9 Å². The lowest BCUT2D eigenvalue weighted by Crippen LogP contribution is -2.21. The van der Waals surface area contributed by atoms with Crippen LogP contribution >= 0.6 is 0 Å². The van der Waals surface area contributed by atoms with E-state index in [0.29, 0.717) is 0 Å². The molecule has 0 bridgehead atoms. The van der Waals surface area contributed by atoms with Gasteiger partial charge >= 0.3 is 0 Å². The molecule has 0 heterocycles. The van der Waals surface area contributed by atoms with E-state index < -0.39 is 0 Å². The maximum Gasteiger partial charge on any atom is 0.00172 e. The van der Waals surface area contributed by atoms with Crippen LogP contribution in [0.5, 0.6) is 0 Å². The Bertz CT molecular complexity index is 330. The molecule has 82 valence electrons. The fraction of sp³-hybridized carbons (Fsp3) is 0.571. The van der Waals surface area contributed by atoms with E-state index in [9.17, 15) is 0 Å². The lowest BCUT2D eigenvalue weighted by atomic mass is 9.82. The number of nitrogens with one attached hydrogen (secondary N) is 1. The van der Waals surface area contributed by atoms with Crippen LogP contribution in [0.4, 0.5) is 0 Å². The van der Waals surface area contributed by atoms with Crippen molar-refractivity contribution in [1.82, 2.24) is 5.32 Å². The zero-order valence-electron chi connectivity index (χ0n) is 9.84. The van der Waals surface area contributed by atoms with E-state index in [1.807, 2.05) is 0 Å². The molecule has 0 amide bonds. The van der Waals surface area contributed by atoms with Crippen LogP contribution in [0.1, 0.15) is 42.4 Å². The quantitative estimate of drug-likeness (QED) is 0.796. The summed E-state index contributed by atoms with van der Waals surface area (Å²) >= 11 is 0. The van der Waals surface area contributed by atoms with E-state index in [0.717, 1.165) is 18.9 Å². The zero-order valence-corrected chi connectivity index (χ0v) is 9.84. The van der Waals surface area contributed by atoms with Gasteiger partial charge in [0.1, 0.15) is 0 Å². The van der Waals surface area contributed by atoms with E-state index in [-0.39, 0.29) is 0 Å². The van der Waals surface area contributed by atoms with E-state index in [2.05, 4.69) is 37.5 Å². The first kappa shape index (κ1) is 10.7. The first-order valence-electron chi connectivity index (χ1n) is 6.11. The Balaban J connectivity index is 2.30. The summed E-state index contributed by atoms with van der Waals surface area (Å²) in [6.07, 6.45) is 5.13. The number of aryl methyl sites for hydroxylation is 2. The van der Waals surface area contributed by atoms with Gasteiger partial charge in [0, 0.05) is 6.54 Å². The Morgan fingerprint density at radius 2 is 2.27 bits per heavy atom. The van der Waals surface area contributed by atoms with Crippen LogP contribution in [0.25, 0.3) is 0 Å². The first-order chi connectivity index (χ1) is 7.35. The number of likely N-dealkylation sites (N-methyl/N-ethyl adjacent to an activating group) is 1. The summed E-state index contributed by atoms with van der Waals surface area (Å²) in [5, 5.41) is 3.32. The van der Waals surface area contributed by atoms with Gasteiger partial charge in [-0.05, 0) is 55.3 Å². The molecular weight excluding hydrogens is 182 g/mol. The molecule has 0 saturated carbocycles. The van der Waals surface area contributed by atoms with Gasteiger partial charge in [-0.15, -0.1) is 0 Å². The number of fused-ring (bicyclic) bond motifs is 1. The first-order valence-corrected chi connectivity index (χ1v) is 6.11. The highest BCUT2D eigenvalue weighted by molar-refractivity contribution is 5.36. The summed E-state index contributed by atoms with van der Waals surface area (Å²) in [6, 6.07) is 7.06. The molecule has 0 spiro atoms. The standard InChI is InChI=1S/C14H21N/c1-3-11-7-8-12-5-4-6-13(10-15-2)14(12)9-11/h7-9,13,15H,3-6,10H2,1-2H3. The Kier molecular flexibility index (Phi) is 3.42. The number of benzene rings is 1. The summed E-state index contributed by atoms with van der Waals surface area (Å²) in [5.41, 5.74) is 4.67. The van der Waals surface area contributed by atoms with Crippen LogP contribution in [0.2, 0.25) is 0 Å². The van der Waals surface area contributed by atoms with Gasteiger partial charge in [0.15, 0.2) is 0 Å². The van der Waals surface area contributed by atoms with Crippen LogP contribution in [0.3, 0.4) is 0 Å². The second-order valence-corrected chi connectivity index (χ2v) is 4.53. The third-order valence-corrected chi connectivity index (χ3v) is 3.51. The molecule has 0 aliphatic heterocycles. The molecule has 0 radical (unpaired) electrons. The Morgan fingerprint density at radius 1 is 1.40 bits per heavy atom. The predicted molar refractivity (Wildman–Crippen MR) is 65.4 cm³/mol. The molecule has 1 aromatic rings. The molecule has 2 rings (SSSR count). The monoisotopic (exact) mass is 203 g/mol. The van der Waals surface area contributed by atoms with Crippen LogP contribution in [-0.4, -0.2) is 13.6 Å². The summed E-state index contributed by atoms with van der Waals surface area (Å²) in [4.78, 5) is 0. The number of hydrogen-bond donors (Lipinski definition) is 1.